The Balaban J connectivity index is 1.75. The predicted octanol–water partition coefficient (Wildman–Crippen LogP) is 5.41. The van der Waals surface area contributed by atoms with Crippen LogP contribution in [0.3, 0.4) is 0 Å². The Hall–Kier alpha value is -2.48. The van der Waals surface area contributed by atoms with Crippen molar-refractivity contribution >= 4 is 62.2 Å². The predicted molar refractivity (Wildman–Crippen MR) is 115 cm³/mol. The van der Waals surface area contributed by atoms with Gasteiger partial charge in [-0.25, -0.2) is 4.79 Å². The summed E-state index contributed by atoms with van der Waals surface area (Å²) in [6, 6.07) is 10.1. The number of hydrogen-bond donors (Lipinski definition) is 1. The third kappa shape index (κ3) is 4.58. The van der Waals surface area contributed by atoms with Crippen LogP contribution in [0.25, 0.3) is 10.1 Å². The van der Waals surface area contributed by atoms with Crippen LogP contribution in [-0.4, -0.2) is 32.2 Å². The molecule has 3 aromatic rings. The molecule has 152 valence electrons. The normalized spacial score (nSPS) is 11.8. The molecule has 1 amide bonds. The maximum absolute atomic E-state index is 12.6. The molecule has 3 rings (SSSR count). The summed E-state index contributed by atoms with van der Waals surface area (Å²) in [6.45, 7) is 1.47. The zero-order valence-corrected chi connectivity index (χ0v) is 18.1. The number of nitrogens with one attached hydrogen (secondary N) is 1. The number of rotatable bonds is 6. The van der Waals surface area contributed by atoms with Crippen molar-refractivity contribution in [3.63, 3.8) is 0 Å². The second-order valence-electron chi connectivity index (χ2n) is 5.99. The Morgan fingerprint density at radius 3 is 2.52 bits per heavy atom. The smallest absolute Gasteiger partial charge is 0.350 e. The minimum absolute atomic E-state index is 0.211. The van der Waals surface area contributed by atoms with E-state index in [0.717, 1.165) is 16.0 Å². The fourth-order valence-corrected chi connectivity index (χ4v) is 4.25. The molecule has 0 saturated heterocycles. The molecule has 2 aromatic carbocycles. The highest BCUT2D eigenvalue weighted by molar-refractivity contribution is 7.21. The Morgan fingerprint density at radius 2 is 1.83 bits per heavy atom. The molecule has 1 N–H and O–H groups in total. The number of fused-ring (bicyclic) bond motifs is 1. The number of thiophene rings is 1. The highest BCUT2D eigenvalue weighted by atomic mass is 35.5. The Morgan fingerprint density at radius 1 is 1.07 bits per heavy atom. The van der Waals surface area contributed by atoms with E-state index >= 15 is 0 Å². The van der Waals surface area contributed by atoms with Crippen molar-refractivity contribution in [3.05, 3.63) is 51.3 Å². The van der Waals surface area contributed by atoms with E-state index in [2.05, 4.69) is 5.32 Å². The van der Waals surface area contributed by atoms with Gasteiger partial charge in [-0.3, -0.25) is 4.79 Å². The summed E-state index contributed by atoms with van der Waals surface area (Å²) in [4.78, 5) is 25.3. The third-order valence-corrected chi connectivity index (χ3v) is 5.97. The number of amides is 1. The summed E-state index contributed by atoms with van der Waals surface area (Å²) < 4.78 is 16.5. The first-order valence-corrected chi connectivity index (χ1v) is 10.0. The molecule has 29 heavy (non-hydrogen) atoms. The van der Waals surface area contributed by atoms with Gasteiger partial charge in [-0.1, -0.05) is 29.3 Å². The fraction of sp³-hybridized carbons (Fsp3) is 0.200. The summed E-state index contributed by atoms with van der Waals surface area (Å²) in [6.07, 6.45) is -1.07. The first-order valence-electron chi connectivity index (χ1n) is 8.45. The minimum Gasteiger partial charge on any atom is -0.497 e. The van der Waals surface area contributed by atoms with Crippen LogP contribution in [0.5, 0.6) is 11.5 Å². The van der Waals surface area contributed by atoms with Gasteiger partial charge in [0.2, 0.25) is 0 Å². The maximum atomic E-state index is 12.6. The zero-order chi connectivity index (χ0) is 21.1. The van der Waals surface area contributed by atoms with E-state index in [1.54, 1.807) is 36.4 Å². The van der Waals surface area contributed by atoms with Crippen LogP contribution in [0.1, 0.15) is 16.6 Å². The monoisotopic (exact) mass is 453 g/mol. The van der Waals surface area contributed by atoms with Gasteiger partial charge in [0.1, 0.15) is 16.4 Å². The Kier molecular flexibility index (Phi) is 6.52. The lowest BCUT2D eigenvalue weighted by atomic mass is 10.2. The summed E-state index contributed by atoms with van der Waals surface area (Å²) in [5, 5.41) is 4.18. The van der Waals surface area contributed by atoms with Crippen LogP contribution in [0.4, 0.5) is 5.69 Å². The molecule has 0 fully saturated rings. The summed E-state index contributed by atoms with van der Waals surface area (Å²) in [7, 11) is 3.00. The number of methoxy groups -OCH3 is 2. The van der Waals surface area contributed by atoms with Crippen molar-refractivity contribution in [1.82, 2.24) is 0 Å². The SMILES string of the molecule is COc1ccc(OC)c(NC(=O)C(C)OC(=O)c2sc3cc(Cl)ccc3c2Cl)c1. The first-order chi connectivity index (χ1) is 13.8. The first kappa shape index (κ1) is 21.2. The quantitative estimate of drug-likeness (QED) is 0.505. The number of halogens is 2. The second kappa shape index (κ2) is 8.90. The largest absolute Gasteiger partial charge is 0.497 e. The molecule has 1 heterocycles. The third-order valence-electron chi connectivity index (χ3n) is 4.09. The highest BCUT2D eigenvalue weighted by Crippen LogP contribution is 2.37. The molecule has 6 nitrogen and oxygen atoms in total. The van der Waals surface area contributed by atoms with Crippen LogP contribution in [-0.2, 0) is 9.53 Å². The number of hydrogen-bond acceptors (Lipinski definition) is 6. The maximum Gasteiger partial charge on any atom is 0.350 e. The van der Waals surface area contributed by atoms with Gasteiger partial charge in [-0.15, -0.1) is 11.3 Å². The average Bonchev–Trinajstić information content (AvgIpc) is 3.03. The van der Waals surface area contributed by atoms with Crippen molar-refractivity contribution in [2.24, 2.45) is 0 Å². The van der Waals surface area contributed by atoms with Crippen LogP contribution >= 0.6 is 34.5 Å². The molecule has 0 aliphatic carbocycles. The van der Waals surface area contributed by atoms with Gasteiger partial charge in [0.15, 0.2) is 6.10 Å². The molecule has 1 unspecified atom stereocenters. The van der Waals surface area contributed by atoms with E-state index in [-0.39, 0.29) is 9.90 Å². The lowest BCUT2D eigenvalue weighted by Crippen LogP contribution is -2.30. The van der Waals surface area contributed by atoms with E-state index in [9.17, 15) is 9.59 Å². The second-order valence-corrected chi connectivity index (χ2v) is 7.86. The molecular formula is C20H17Cl2NO5S. The van der Waals surface area contributed by atoms with Gasteiger partial charge >= 0.3 is 5.97 Å². The molecule has 0 spiro atoms. The van der Waals surface area contributed by atoms with Crippen molar-refractivity contribution in [2.45, 2.75) is 13.0 Å². The summed E-state index contributed by atoms with van der Waals surface area (Å²) in [5.41, 5.74) is 0.397. The highest BCUT2D eigenvalue weighted by Gasteiger charge is 2.24. The summed E-state index contributed by atoms with van der Waals surface area (Å²) in [5.74, 6) is -0.221. The van der Waals surface area contributed by atoms with Crippen LogP contribution in [0.2, 0.25) is 10.0 Å². The molecule has 0 aliphatic rings. The lowest BCUT2D eigenvalue weighted by Gasteiger charge is -2.15. The van der Waals surface area contributed by atoms with E-state index in [1.807, 2.05) is 0 Å². The molecule has 0 saturated carbocycles. The molecule has 1 aromatic heterocycles. The number of carbonyl (C=O) groups excluding carboxylic acids is 2. The number of ether oxygens (including phenoxy) is 3. The molecular weight excluding hydrogens is 437 g/mol. The van der Waals surface area contributed by atoms with Crippen LogP contribution < -0.4 is 14.8 Å². The van der Waals surface area contributed by atoms with Gasteiger partial charge in [-0.2, -0.15) is 0 Å². The minimum atomic E-state index is -1.07. The molecule has 9 heteroatoms. The number of benzene rings is 2. The molecule has 0 aliphatic heterocycles. The van der Waals surface area contributed by atoms with Gasteiger partial charge in [0.25, 0.3) is 5.91 Å². The number of anilines is 1. The molecule has 1 atom stereocenters. The summed E-state index contributed by atoms with van der Waals surface area (Å²) >= 11 is 13.4. The topological polar surface area (TPSA) is 73.9 Å². The van der Waals surface area contributed by atoms with Crippen molar-refractivity contribution in [1.29, 1.82) is 0 Å². The van der Waals surface area contributed by atoms with E-state index in [1.165, 1.54) is 21.1 Å². The lowest BCUT2D eigenvalue weighted by molar-refractivity contribution is -0.123. The van der Waals surface area contributed by atoms with Gasteiger partial charge in [0, 0.05) is 21.2 Å². The van der Waals surface area contributed by atoms with Crippen molar-refractivity contribution in [3.8, 4) is 11.5 Å². The Labute approximate surface area is 181 Å². The standard InChI is InChI=1S/C20H17Cl2NO5S/c1-10(19(24)23-14-9-12(26-2)5-7-15(14)27-3)28-20(25)18-17(22)13-6-4-11(21)8-16(13)29-18/h4-10H,1-3H3,(H,23,24). The van der Waals surface area contributed by atoms with Gasteiger partial charge in [-0.05, 0) is 31.2 Å². The average molecular weight is 454 g/mol. The van der Waals surface area contributed by atoms with Gasteiger partial charge in [0.05, 0.1) is 24.9 Å². The molecule has 0 radical (unpaired) electrons. The zero-order valence-electron chi connectivity index (χ0n) is 15.7. The number of carbonyl (C=O) groups is 2. The number of esters is 1. The van der Waals surface area contributed by atoms with Crippen LogP contribution in [0, 0.1) is 0 Å². The van der Waals surface area contributed by atoms with Gasteiger partial charge < -0.3 is 19.5 Å². The van der Waals surface area contributed by atoms with E-state index in [0.29, 0.717) is 27.6 Å². The van der Waals surface area contributed by atoms with Crippen molar-refractivity contribution in [2.75, 3.05) is 19.5 Å². The van der Waals surface area contributed by atoms with Crippen molar-refractivity contribution < 1.29 is 23.8 Å². The van der Waals surface area contributed by atoms with Crippen LogP contribution in [0.15, 0.2) is 36.4 Å². The van der Waals surface area contributed by atoms with E-state index in [4.69, 9.17) is 37.4 Å². The fourth-order valence-electron chi connectivity index (χ4n) is 2.58. The Bertz CT molecular complexity index is 1080. The van der Waals surface area contributed by atoms with E-state index < -0.39 is 18.0 Å². The molecule has 0 bridgehead atoms.